The van der Waals surface area contributed by atoms with Gasteiger partial charge < -0.3 is 19.9 Å². The number of ether oxygens (including phenoxy) is 1. The molecule has 4 aromatic rings. The second-order valence-corrected chi connectivity index (χ2v) is 9.29. The summed E-state index contributed by atoms with van der Waals surface area (Å²) < 4.78 is 7.73. The minimum atomic E-state index is -0.191. The molecule has 0 atom stereocenters. The predicted octanol–water partition coefficient (Wildman–Crippen LogP) is 4.27. The van der Waals surface area contributed by atoms with Crippen LogP contribution in [0.3, 0.4) is 0 Å². The molecule has 174 valence electrons. The van der Waals surface area contributed by atoms with E-state index < -0.39 is 0 Å². The molecule has 0 spiro atoms. The molecule has 34 heavy (non-hydrogen) atoms. The van der Waals surface area contributed by atoms with Gasteiger partial charge in [-0.05, 0) is 75.1 Å². The van der Waals surface area contributed by atoms with Gasteiger partial charge in [0.1, 0.15) is 11.4 Å². The van der Waals surface area contributed by atoms with E-state index in [-0.39, 0.29) is 5.91 Å². The number of piperidine rings is 1. The third kappa shape index (κ3) is 3.94. The molecular formula is C26H28N6O2. The van der Waals surface area contributed by atoms with Gasteiger partial charge in [-0.1, -0.05) is 6.07 Å². The molecule has 1 fully saturated rings. The minimum absolute atomic E-state index is 0.191. The first-order chi connectivity index (χ1) is 16.6. The largest absolute Gasteiger partial charge is 0.493 e. The fraction of sp³-hybridized carbons (Fsp3) is 0.346. The summed E-state index contributed by atoms with van der Waals surface area (Å²) >= 11 is 0. The number of hydrogen-bond acceptors (Lipinski definition) is 5. The molecule has 8 nitrogen and oxygen atoms in total. The van der Waals surface area contributed by atoms with Gasteiger partial charge in [0, 0.05) is 29.5 Å². The van der Waals surface area contributed by atoms with Crippen molar-refractivity contribution in [1.29, 1.82) is 0 Å². The van der Waals surface area contributed by atoms with Crippen LogP contribution in [-0.2, 0) is 6.42 Å². The van der Waals surface area contributed by atoms with E-state index in [1.807, 2.05) is 29.2 Å². The number of amides is 1. The molecule has 0 radical (unpaired) electrons. The third-order valence-corrected chi connectivity index (χ3v) is 6.93. The Morgan fingerprint density at radius 2 is 2.09 bits per heavy atom. The summed E-state index contributed by atoms with van der Waals surface area (Å²) in [6, 6.07) is 8.57. The Bertz CT molecular complexity index is 1350. The van der Waals surface area contributed by atoms with Crippen molar-refractivity contribution < 1.29 is 9.53 Å². The first kappa shape index (κ1) is 20.9. The van der Waals surface area contributed by atoms with Gasteiger partial charge in [-0.15, -0.1) is 0 Å². The van der Waals surface area contributed by atoms with Crippen molar-refractivity contribution in [2.45, 2.75) is 31.7 Å². The van der Waals surface area contributed by atoms with Crippen LogP contribution in [0.25, 0.3) is 22.2 Å². The van der Waals surface area contributed by atoms with E-state index in [9.17, 15) is 4.79 Å². The van der Waals surface area contributed by atoms with Gasteiger partial charge in [0.15, 0.2) is 0 Å². The maximum absolute atomic E-state index is 13.0. The van der Waals surface area contributed by atoms with Crippen molar-refractivity contribution in [3.8, 4) is 16.9 Å². The number of fused-ring (bicyclic) bond motifs is 2. The lowest BCUT2D eigenvalue weighted by molar-refractivity contribution is 0.102. The Hall–Kier alpha value is -3.65. The molecule has 0 aliphatic carbocycles. The number of nitrogens with zero attached hydrogens (tertiary/aromatic N) is 4. The first-order valence-corrected chi connectivity index (χ1v) is 11.9. The second kappa shape index (κ2) is 8.61. The number of nitrogens with one attached hydrogen (secondary N) is 2. The van der Waals surface area contributed by atoms with Crippen molar-refractivity contribution >= 4 is 22.6 Å². The van der Waals surface area contributed by atoms with E-state index in [2.05, 4.69) is 44.5 Å². The number of likely N-dealkylation sites (tertiary alicyclic amines) is 1. The number of rotatable bonds is 4. The zero-order chi connectivity index (χ0) is 23.1. The fourth-order valence-electron chi connectivity index (χ4n) is 4.96. The number of carbonyl (C=O) groups is 1. The van der Waals surface area contributed by atoms with Gasteiger partial charge >= 0.3 is 0 Å². The number of hydrogen-bond donors (Lipinski definition) is 2. The van der Waals surface area contributed by atoms with E-state index in [0.29, 0.717) is 17.3 Å². The van der Waals surface area contributed by atoms with E-state index >= 15 is 0 Å². The normalized spacial score (nSPS) is 16.9. The monoisotopic (exact) mass is 456 g/mol. The van der Waals surface area contributed by atoms with Crippen molar-refractivity contribution in [2.75, 3.05) is 32.1 Å². The summed E-state index contributed by atoms with van der Waals surface area (Å²) in [4.78, 5) is 23.1. The standard InChI is InChI=1S/C26H28N6O2/c1-31-8-6-21(7-9-31)32-16-20(14-29-32)30-26(33)19-12-22-23(15-28-25(22)27-13-19)17-4-5-24-18(11-17)3-2-10-34-24/h4-5,11-16,21H,2-3,6-10H2,1H3,(H,27,28)(H,30,33). The summed E-state index contributed by atoms with van der Waals surface area (Å²) in [7, 11) is 2.14. The number of pyridine rings is 1. The molecular weight excluding hydrogens is 428 g/mol. The average molecular weight is 457 g/mol. The molecule has 5 heterocycles. The van der Waals surface area contributed by atoms with Gasteiger partial charge in [0.05, 0.1) is 30.1 Å². The number of aromatic nitrogens is 4. The molecule has 0 unspecified atom stereocenters. The number of H-pyrrole nitrogens is 1. The van der Waals surface area contributed by atoms with Crippen LogP contribution < -0.4 is 10.1 Å². The molecule has 1 amide bonds. The highest BCUT2D eigenvalue weighted by atomic mass is 16.5. The van der Waals surface area contributed by atoms with E-state index in [1.54, 1.807) is 12.4 Å². The molecule has 2 aliphatic rings. The highest BCUT2D eigenvalue weighted by Gasteiger charge is 2.20. The Balaban J connectivity index is 1.23. The summed E-state index contributed by atoms with van der Waals surface area (Å²) in [5.41, 5.74) is 5.32. The number of aryl methyl sites for hydroxylation is 1. The summed E-state index contributed by atoms with van der Waals surface area (Å²) in [5, 5.41) is 8.40. The lowest BCUT2D eigenvalue weighted by Crippen LogP contribution is -2.31. The topological polar surface area (TPSA) is 88.1 Å². The molecule has 8 heteroatoms. The van der Waals surface area contributed by atoms with Gasteiger partial charge in [-0.2, -0.15) is 5.10 Å². The molecule has 0 saturated carbocycles. The lowest BCUT2D eigenvalue weighted by atomic mass is 9.98. The average Bonchev–Trinajstić information content (AvgIpc) is 3.51. The van der Waals surface area contributed by atoms with Crippen LogP contribution in [0.2, 0.25) is 0 Å². The van der Waals surface area contributed by atoms with E-state index in [1.165, 1.54) is 5.56 Å². The maximum atomic E-state index is 13.0. The van der Waals surface area contributed by atoms with Crippen LogP contribution in [0, 0.1) is 0 Å². The SMILES string of the molecule is CN1CCC(n2cc(NC(=O)c3cnc4[nH]cc(-c5ccc6c(c5)CCCO6)c4c3)cn2)CC1. The number of anilines is 1. The smallest absolute Gasteiger partial charge is 0.257 e. The zero-order valence-corrected chi connectivity index (χ0v) is 19.3. The molecule has 3 aromatic heterocycles. The molecule has 0 bridgehead atoms. The number of benzene rings is 1. The van der Waals surface area contributed by atoms with Crippen molar-refractivity contribution in [3.05, 3.63) is 60.2 Å². The Labute approximate surface area is 197 Å². The second-order valence-electron chi connectivity index (χ2n) is 9.29. The maximum Gasteiger partial charge on any atom is 0.257 e. The van der Waals surface area contributed by atoms with Crippen molar-refractivity contribution in [3.63, 3.8) is 0 Å². The molecule has 6 rings (SSSR count). The molecule has 2 N–H and O–H groups in total. The zero-order valence-electron chi connectivity index (χ0n) is 19.3. The van der Waals surface area contributed by atoms with E-state index in [0.717, 1.165) is 73.3 Å². The van der Waals surface area contributed by atoms with Crippen LogP contribution in [0.15, 0.2) is 49.1 Å². The predicted molar refractivity (Wildman–Crippen MR) is 131 cm³/mol. The summed E-state index contributed by atoms with van der Waals surface area (Å²) in [6.07, 6.45) is 11.4. The Morgan fingerprint density at radius 1 is 1.21 bits per heavy atom. The molecule has 1 aromatic carbocycles. The van der Waals surface area contributed by atoms with Crippen LogP contribution in [0.4, 0.5) is 5.69 Å². The van der Waals surface area contributed by atoms with Crippen molar-refractivity contribution in [2.24, 2.45) is 0 Å². The fourth-order valence-corrected chi connectivity index (χ4v) is 4.96. The third-order valence-electron chi connectivity index (χ3n) is 6.93. The van der Waals surface area contributed by atoms with E-state index in [4.69, 9.17) is 4.74 Å². The molecule has 2 aliphatic heterocycles. The summed E-state index contributed by atoms with van der Waals surface area (Å²) in [5.74, 6) is 0.775. The Kier molecular flexibility index (Phi) is 5.30. The first-order valence-electron chi connectivity index (χ1n) is 11.9. The van der Waals surface area contributed by atoms with Crippen LogP contribution in [-0.4, -0.2) is 57.3 Å². The van der Waals surface area contributed by atoms with Gasteiger partial charge in [0.25, 0.3) is 5.91 Å². The van der Waals surface area contributed by atoms with Gasteiger partial charge in [0.2, 0.25) is 0 Å². The highest BCUT2D eigenvalue weighted by Crippen LogP contribution is 2.33. The Morgan fingerprint density at radius 3 is 2.97 bits per heavy atom. The lowest BCUT2D eigenvalue weighted by Gasteiger charge is -2.28. The minimum Gasteiger partial charge on any atom is -0.493 e. The van der Waals surface area contributed by atoms with Gasteiger partial charge in [-0.3, -0.25) is 9.48 Å². The summed E-state index contributed by atoms with van der Waals surface area (Å²) in [6.45, 7) is 2.90. The number of carbonyl (C=O) groups excluding carboxylic acids is 1. The van der Waals surface area contributed by atoms with Crippen LogP contribution in [0.1, 0.15) is 41.2 Å². The number of aromatic amines is 1. The highest BCUT2D eigenvalue weighted by molar-refractivity contribution is 6.07. The van der Waals surface area contributed by atoms with Crippen molar-refractivity contribution in [1.82, 2.24) is 24.6 Å². The van der Waals surface area contributed by atoms with Gasteiger partial charge in [-0.25, -0.2) is 4.98 Å². The quantitative estimate of drug-likeness (QED) is 0.479. The van der Waals surface area contributed by atoms with Crippen LogP contribution >= 0.6 is 0 Å². The molecule has 1 saturated heterocycles. The van der Waals surface area contributed by atoms with Crippen LogP contribution in [0.5, 0.6) is 5.75 Å².